The Kier molecular flexibility index (Phi) is 7.76. The third kappa shape index (κ3) is 6.39. The molecule has 0 atom stereocenters. The van der Waals surface area contributed by atoms with Crippen LogP contribution in [0.1, 0.15) is 12.0 Å². The quantitative estimate of drug-likeness (QED) is 0.782. The van der Waals surface area contributed by atoms with E-state index in [9.17, 15) is 4.79 Å². The normalized spacial score (nSPS) is 14.9. The lowest BCUT2D eigenvalue weighted by Gasteiger charge is -2.24. The summed E-state index contributed by atoms with van der Waals surface area (Å²) in [5, 5.41) is 3.07. The van der Waals surface area contributed by atoms with Gasteiger partial charge in [0.05, 0.1) is 7.11 Å². The summed E-state index contributed by atoms with van der Waals surface area (Å²) in [5.41, 5.74) is 2.43. The molecule has 1 heterocycles. The van der Waals surface area contributed by atoms with Crippen molar-refractivity contribution in [2.24, 2.45) is 0 Å². The molecule has 29 heavy (non-hydrogen) atoms. The first kappa shape index (κ1) is 21.0. The molecule has 1 N–H and O–H groups in total. The molecule has 3 rings (SSSR count). The number of carbonyl (C=O) groups is 1. The molecule has 0 unspecified atom stereocenters. The number of urea groups is 1. The molecular weight excluding hydrogens is 364 g/mol. The Labute approximate surface area is 174 Å². The highest BCUT2D eigenvalue weighted by Gasteiger charge is 2.19. The van der Waals surface area contributed by atoms with E-state index in [0.717, 1.165) is 57.1 Å². The van der Waals surface area contributed by atoms with Crippen LogP contribution in [0.25, 0.3) is 0 Å². The predicted octanol–water partition coefficient (Wildman–Crippen LogP) is 3.05. The number of ether oxygens (including phenoxy) is 1. The number of methoxy groups -OCH3 is 1. The van der Waals surface area contributed by atoms with Crippen molar-refractivity contribution in [2.45, 2.75) is 13.0 Å². The number of rotatable bonds is 7. The van der Waals surface area contributed by atoms with Crippen LogP contribution in [-0.4, -0.2) is 69.3 Å². The van der Waals surface area contributed by atoms with E-state index >= 15 is 0 Å². The van der Waals surface area contributed by atoms with Crippen molar-refractivity contribution in [3.05, 3.63) is 60.2 Å². The summed E-state index contributed by atoms with van der Waals surface area (Å²) in [4.78, 5) is 19.1. The zero-order valence-corrected chi connectivity index (χ0v) is 17.5. The van der Waals surface area contributed by atoms with E-state index in [1.165, 1.54) is 5.56 Å². The van der Waals surface area contributed by atoms with E-state index in [4.69, 9.17) is 4.74 Å². The Hall–Kier alpha value is -2.73. The molecule has 1 saturated heterocycles. The maximum absolute atomic E-state index is 12.6. The van der Waals surface area contributed by atoms with Gasteiger partial charge in [0.2, 0.25) is 0 Å². The molecule has 1 aliphatic heterocycles. The van der Waals surface area contributed by atoms with Crippen LogP contribution in [0.15, 0.2) is 54.6 Å². The average Bonchev–Trinajstić information content (AvgIpc) is 3.00. The van der Waals surface area contributed by atoms with E-state index in [0.29, 0.717) is 6.54 Å². The van der Waals surface area contributed by atoms with Crippen molar-refractivity contribution in [1.29, 1.82) is 0 Å². The molecule has 6 heteroatoms. The number of hydrogen-bond donors (Lipinski definition) is 1. The van der Waals surface area contributed by atoms with Crippen LogP contribution in [0.3, 0.4) is 0 Å². The lowest BCUT2D eigenvalue weighted by molar-refractivity contribution is 0.198. The maximum atomic E-state index is 12.6. The van der Waals surface area contributed by atoms with Gasteiger partial charge in [-0.15, -0.1) is 0 Å². The van der Waals surface area contributed by atoms with Crippen molar-refractivity contribution >= 4 is 11.7 Å². The zero-order chi connectivity index (χ0) is 20.5. The molecule has 0 spiro atoms. The Morgan fingerprint density at radius 3 is 2.52 bits per heavy atom. The Morgan fingerprint density at radius 2 is 1.79 bits per heavy atom. The minimum absolute atomic E-state index is 0.0396. The third-order valence-corrected chi connectivity index (χ3v) is 5.36. The fraction of sp³-hybridized carbons (Fsp3) is 0.435. The van der Waals surface area contributed by atoms with Crippen LogP contribution in [0.4, 0.5) is 10.5 Å². The van der Waals surface area contributed by atoms with Gasteiger partial charge >= 0.3 is 6.03 Å². The van der Waals surface area contributed by atoms with E-state index in [1.807, 2.05) is 42.3 Å². The van der Waals surface area contributed by atoms with Crippen LogP contribution >= 0.6 is 0 Å². The van der Waals surface area contributed by atoms with Crippen LogP contribution in [0, 0.1) is 0 Å². The summed E-state index contributed by atoms with van der Waals surface area (Å²) in [6, 6.07) is 18.5. The molecule has 6 nitrogen and oxygen atoms in total. The van der Waals surface area contributed by atoms with Crippen LogP contribution < -0.4 is 15.0 Å². The maximum Gasteiger partial charge on any atom is 0.317 e. The Balaban J connectivity index is 1.40. The summed E-state index contributed by atoms with van der Waals surface area (Å²) in [7, 11) is 3.73. The molecule has 2 aromatic carbocycles. The molecule has 2 aromatic rings. The fourth-order valence-corrected chi connectivity index (χ4v) is 3.58. The monoisotopic (exact) mass is 396 g/mol. The van der Waals surface area contributed by atoms with E-state index < -0.39 is 0 Å². The summed E-state index contributed by atoms with van der Waals surface area (Å²) >= 11 is 0. The highest BCUT2D eigenvalue weighted by molar-refractivity contribution is 5.74. The molecular formula is C23H32N4O2. The van der Waals surface area contributed by atoms with Gasteiger partial charge in [0.25, 0.3) is 0 Å². The van der Waals surface area contributed by atoms with Gasteiger partial charge in [-0.2, -0.15) is 0 Å². The number of amides is 2. The lowest BCUT2D eigenvalue weighted by Crippen LogP contribution is -2.44. The third-order valence-electron chi connectivity index (χ3n) is 5.36. The average molecular weight is 397 g/mol. The highest BCUT2D eigenvalue weighted by atomic mass is 16.5. The topological polar surface area (TPSA) is 48.1 Å². The van der Waals surface area contributed by atoms with Crippen molar-refractivity contribution in [3.8, 4) is 5.75 Å². The number of anilines is 1. The molecule has 2 amide bonds. The van der Waals surface area contributed by atoms with Gasteiger partial charge in [-0.25, -0.2) is 4.79 Å². The number of nitrogens with zero attached hydrogens (tertiary/aromatic N) is 3. The first-order chi connectivity index (χ1) is 14.2. The molecule has 0 saturated carbocycles. The van der Waals surface area contributed by atoms with Gasteiger partial charge in [0.15, 0.2) is 0 Å². The first-order valence-electron chi connectivity index (χ1n) is 10.3. The second-order valence-electron chi connectivity index (χ2n) is 7.45. The summed E-state index contributed by atoms with van der Waals surface area (Å²) < 4.78 is 5.22. The van der Waals surface area contributed by atoms with Crippen molar-refractivity contribution in [2.75, 3.05) is 58.3 Å². The second kappa shape index (κ2) is 10.7. The summed E-state index contributed by atoms with van der Waals surface area (Å²) in [5.74, 6) is 0.880. The van der Waals surface area contributed by atoms with Gasteiger partial charge in [-0.05, 0) is 36.2 Å². The summed E-state index contributed by atoms with van der Waals surface area (Å²) in [6.45, 7) is 5.79. The van der Waals surface area contributed by atoms with Gasteiger partial charge in [-0.3, -0.25) is 4.90 Å². The van der Waals surface area contributed by atoms with Gasteiger partial charge in [-0.1, -0.05) is 30.3 Å². The number of carbonyl (C=O) groups excluding carboxylic acids is 1. The molecule has 1 aliphatic rings. The molecule has 0 aliphatic carbocycles. The number of benzene rings is 2. The first-order valence-corrected chi connectivity index (χ1v) is 10.3. The predicted molar refractivity (Wildman–Crippen MR) is 118 cm³/mol. The standard InChI is InChI=1S/C23H32N4O2/c1-25(21-7-4-3-5-8-21)16-13-24-23(28)27-15-6-14-26(17-18-27)19-20-9-11-22(29-2)12-10-20/h3-5,7-12H,6,13-19H2,1-2H3,(H,24,28). The van der Waals surface area contributed by atoms with Gasteiger partial charge in [0, 0.05) is 58.5 Å². The highest BCUT2D eigenvalue weighted by Crippen LogP contribution is 2.14. The SMILES string of the molecule is COc1ccc(CN2CCCN(C(=O)NCCN(C)c3ccccc3)CC2)cc1. The minimum Gasteiger partial charge on any atom is -0.497 e. The number of nitrogens with one attached hydrogen (secondary N) is 1. The smallest absolute Gasteiger partial charge is 0.317 e. The van der Waals surface area contributed by atoms with Crippen molar-refractivity contribution < 1.29 is 9.53 Å². The zero-order valence-electron chi connectivity index (χ0n) is 17.5. The van der Waals surface area contributed by atoms with Crippen molar-refractivity contribution in [3.63, 3.8) is 0 Å². The summed E-state index contributed by atoms with van der Waals surface area (Å²) in [6.07, 6.45) is 0.994. The fourth-order valence-electron chi connectivity index (χ4n) is 3.58. The van der Waals surface area contributed by atoms with Gasteiger partial charge < -0.3 is 19.9 Å². The molecule has 156 valence electrons. The second-order valence-corrected chi connectivity index (χ2v) is 7.45. The van der Waals surface area contributed by atoms with Crippen LogP contribution in [-0.2, 0) is 6.54 Å². The Bertz CT molecular complexity index is 751. The minimum atomic E-state index is 0.0396. The van der Waals surface area contributed by atoms with E-state index in [1.54, 1.807) is 7.11 Å². The lowest BCUT2D eigenvalue weighted by atomic mass is 10.2. The molecule has 1 fully saturated rings. The van der Waals surface area contributed by atoms with E-state index in [-0.39, 0.29) is 6.03 Å². The number of likely N-dealkylation sites (N-methyl/N-ethyl adjacent to an activating group) is 1. The van der Waals surface area contributed by atoms with E-state index in [2.05, 4.69) is 39.4 Å². The number of hydrogen-bond acceptors (Lipinski definition) is 4. The van der Waals surface area contributed by atoms with Crippen LogP contribution in [0.2, 0.25) is 0 Å². The number of para-hydroxylation sites is 1. The van der Waals surface area contributed by atoms with Gasteiger partial charge in [0.1, 0.15) is 5.75 Å². The Morgan fingerprint density at radius 1 is 1.03 bits per heavy atom. The largest absolute Gasteiger partial charge is 0.497 e. The molecule has 0 aromatic heterocycles. The molecule has 0 radical (unpaired) electrons. The molecule has 0 bridgehead atoms. The van der Waals surface area contributed by atoms with Crippen LogP contribution in [0.5, 0.6) is 5.75 Å². The van der Waals surface area contributed by atoms with Crippen molar-refractivity contribution in [1.82, 2.24) is 15.1 Å².